The van der Waals surface area contributed by atoms with Crippen LogP contribution in [-0.4, -0.2) is 57.8 Å². The molecular weight excluding hydrogens is 488 g/mol. The molecule has 1 saturated heterocycles. The molecule has 3 rings (SSSR count). The molecule has 2 heterocycles. The molecule has 0 aliphatic carbocycles. The van der Waals surface area contributed by atoms with Gasteiger partial charge in [-0.3, -0.25) is 18.9 Å². The summed E-state index contributed by atoms with van der Waals surface area (Å²) in [7, 11) is -2.66. The van der Waals surface area contributed by atoms with Crippen molar-refractivity contribution in [3.8, 4) is 11.5 Å². The number of aliphatic hydroxyl groups is 1. The van der Waals surface area contributed by atoms with Crippen molar-refractivity contribution in [2.24, 2.45) is 4.74 Å². The summed E-state index contributed by atoms with van der Waals surface area (Å²) < 4.78 is 41.2. The lowest BCUT2D eigenvalue weighted by atomic mass is 9.98. The van der Waals surface area contributed by atoms with E-state index in [1.165, 1.54) is 19.1 Å². The lowest BCUT2D eigenvalue weighted by Gasteiger charge is -2.24. The van der Waals surface area contributed by atoms with Crippen LogP contribution >= 0.6 is 8.17 Å². The van der Waals surface area contributed by atoms with Gasteiger partial charge in [0.25, 0.3) is 5.56 Å². The predicted octanol–water partition coefficient (Wildman–Crippen LogP) is 0.788. The van der Waals surface area contributed by atoms with Gasteiger partial charge < -0.3 is 24.2 Å². The maximum absolute atomic E-state index is 15.3. The van der Waals surface area contributed by atoms with E-state index in [1.54, 1.807) is 19.1 Å². The highest BCUT2D eigenvalue weighted by Gasteiger charge is 2.55. The zero-order valence-electron chi connectivity index (χ0n) is 19.1. The van der Waals surface area contributed by atoms with Gasteiger partial charge in [-0.2, -0.15) is 0 Å². The monoisotopic (exact) mass is 513 g/mol. The molecule has 6 atom stereocenters. The van der Waals surface area contributed by atoms with Crippen LogP contribution in [-0.2, 0) is 14.3 Å². The number of hydrogen-bond acceptors (Lipinski definition) is 10. The van der Waals surface area contributed by atoms with Crippen molar-refractivity contribution in [2.75, 3.05) is 13.2 Å². The molecule has 12 nitrogen and oxygen atoms in total. The molecule has 2 N–H and O–H groups in total. The van der Waals surface area contributed by atoms with Gasteiger partial charge in [-0.1, -0.05) is 16.9 Å². The van der Waals surface area contributed by atoms with Gasteiger partial charge in [0, 0.05) is 12.3 Å². The Morgan fingerprint density at radius 3 is 2.71 bits per heavy atom. The zero-order valence-corrected chi connectivity index (χ0v) is 20.0. The summed E-state index contributed by atoms with van der Waals surface area (Å²) in [6, 6.07) is 6.12. The van der Waals surface area contributed by atoms with Gasteiger partial charge >= 0.3 is 19.8 Å². The minimum absolute atomic E-state index is 0.0253. The van der Waals surface area contributed by atoms with Crippen molar-refractivity contribution >= 4 is 14.1 Å². The van der Waals surface area contributed by atoms with Crippen molar-refractivity contribution in [1.29, 1.82) is 0 Å². The molecule has 0 bridgehead atoms. The van der Waals surface area contributed by atoms with Crippen LogP contribution in [0.3, 0.4) is 0 Å². The summed E-state index contributed by atoms with van der Waals surface area (Å²) in [4.78, 5) is 49.3. The minimum atomic E-state index is -2.66. The highest BCUT2D eigenvalue weighted by Crippen LogP contribution is 2.41. The molecule has 2 aromatic rings. The number of esters is 1. The maximum atomic E-state index is 15.3. The second-order valence-electron chi connectivity index (χ2n) is 7.77. The van der Waals surface area contributed by atoms with Crippen molar-refractivity contribution in [1.82, 2.24) is 9.55 Å². The van der Waals surface area contributed by atoms with Crippen LogP contribution in [0.2, 0.25) is 0 Å². The number of H-pyrrole nitrogens is 1. The summed E-state index contributed by atoms with van der Waals surface area (Å²) >= 11 is 0. The second kappa shape index (κ2) is 11.1. The van der Waals surface area contributed by atoms with Crippen LogP contribution in [0.15, 0.2) is 50.9 Å². The predicted molar refractivity (Wildman–Crippen MR) is 119 cm³/mol. The first kappa shape index (κ1) is 26.5. The van der Waals surface area contributed by atoms with Gasteiger partial charge in [0.05, 0.1) is 6.61 Å². The summed E-state index contributed by atoms with van der Waals surface area (Å²) in [6.07, 6.45) is -3.35. The Labute approximate surface area is 199 Å². The first-order valence-corrected chi connectivity index (χ1v) is 11.8. The molecular formula is C21H25FN3O9P. The van der Waals surface area contributed by atoms with Gasteiger partial charge in [0.1, 0.15) is 18.8 Å². The number of hydrogen-bond donors (Lipinski definition) is 2. The van der Waals surface area contributed by atoms with Crippen LogP contribution in [0.5, 0.6) is 11.5 Å². The maximum Gasteiger partial charge on any atom is 0.395 e. The van der Waals surface area contributed by atoms with Gasteiger partial charge in [-0.15, -0.1) is 0 Å². The van der Waals surface area contributed by atoms with E-state index in [1.807, 2.05) is 4.98 Å². The van der Waals surface area contributed by atoms with Gasteiger partial charge in [0.15, 0.2) is 23.7 Å². The Kier molecular flexibility index (Phi) is 8.39. The largest absolute Gasteiger partial charge is 0.575 e. The van der Waals surface area contributed by atoms with Crippen LogP contribution in [0.4, 0.5) is 4.39 Å². The van der Waals surface area contributed by atoms with Crippen LogP contribution in [0.1, 0.15) is 27.0 Å². The van der Waals surface area contributed by atoms with Crippen LogP contribution < -0.4 is 25.4 Å². The SMILES string of the molecule is CCOC(=O)[C@H](C)N=[P+]([O-])Oc1ccccc1OC[C@H]1OC(n2ccc(=O)[nH]c2=O)[C@](C)(F)[C@@H]1O. The molecule has 1 aromatic carbocycles. The first-order valence-electron chi connectivity index (χ1n) is 10.6. The topological polar surface area (TPSA) is 164 Å². The lowest BCUT2D eigenvalue weighted by Crippen LogP contribution is -2.43. The van der Waals surface area contributed by atoms with Crippen LogP contribution in [0, 0.1) is 0 Å². The fourth-order valence-electron chi connectivity index (χ4n) is 3.34. The normalized spacial score (nSPS) is 25.2. The first-order chi connectivity index (χ1) is 16.5. The van der Waals surface area contributed by atoms with Gasteiger partial charge in [-0.25, -0.2) is 14.0 Å². The number of carbonyl (C=O) groups is 1. The summed E-state index contributed by atoms with van der Waals surface area (Å²) in [5.41, 5.74) is -3.95. The third kappa shape index (κ3) is 6.12. The molecule has 190 valence electrons. The van der Waals surface area contributed by atoms with Crippen molar-refractivity contribution in [3.63, 3.8) is 0 Å². The molecule has 1 fully saturated rings. The van der Waals surface area contributed by atoms with E-state index >= 15 is 4.39 Å². The van der Waals surface area contributed by atoms with Crippen LogP contribution in [0.25, 0.3) is 0 Å². The Morgan fingerprint density at radius 1 is 1.37 bits per heavy atom. The standard InChI is InChI=1S/C21H25FN3O9P/c1-4-31-18(28)12(2)24-35(30)34-14-8-6-5-7-13(14)32-11-15-17(27)21(3,22)19(33-15)25-10-9-16(26)23-20(25)29/h5-10,12,15,17,19,27H,4,11H2,1-3H3,(H,23,26,29)/t12-,15+,17+,19?,21+/m0/s1. The third-order valence-corrected chi connectivity index (χ3v) is 6.03. The van der Waals surface area contributed by atoms with Gasteiger partial charge in [-0.05, 0) is 32.9 Å². The highest BCUT2D eigenvalue weighted by atomic mass is 31.1. The Hall–Kier alpha value is -3.12. The molecule has 0 saturated carbocycles. The fraction of sp³-hybridized carbons (Fsp3) is 0.476. The van der Waals surface area contributed by atoms with E-state index in [9.17, 15) is 24.4 Å². The van der Waals surface area contributed by atoms with Crippen molar-refractivity contribution < 1.29 is 37.9 Å². The Balaban J connectivity index is 1.72. The fourth-order valence-corrected chi connectivity index (χ4v) is 4.08. The molecule has 1 aliphatic rings. The number of nitrogens with zero attached hydrogens (tertiary/aromatic N) is 2. The number of aliphatic hydroxyl groups excluding tert-OH is 1. The molecule has 1 aromatic heterocycles. The van der Waals surface area contributed by atoms with Crippen molar-refractivity contribution in [2.45, 2.75) is 50.9 Å². The molecule has 1 aliphatic heterocycles. The summed E-state index contributed by atoms with van der Waals surface area (Å²) in [6.45, 7) is 3.90. The number of benzene rings is 1. The molecule has 0 radical (unpaired) electrons. The Bertz CT molecular complexity index is 1200. The molecule has 35 heavy (non-hydrogen) atoms. The van der Waals surface area contributed by atoms with E-state index in [0.29, 0.717) is 0 Å². The number of aromatic nitrogens is 2. The number of rotatable bonds is 9. The van der Waals surface area contributed by atoms with E-state index in [0.717, 1.165) is 23.8 Å². The summed E-state index contributed by atoms with van der Waals surface area (Å²) in [5, 5.41) is 10.5. The highest BCUT2D eigenvalue weighted by molar-refractivity contribution is 7.34. The number of para-hydroxylation sites is 2. The smallest absolute Gasteiger partial charge is 0.395 e. The lowest BCUT2D eigenvalue weighted by molar-refractivity contribution is -0.169. The number of alkyl halides is 1. The van der Waals surface area contributed by atoms with E-state index in [4.69, 9.17) is 18.7 Å². The quantitative estimate of drug-likeness (QED) is 0.364. The average Bonchev–Trinajstić information content (AvgIpc) is 3.02. The van der Waals surface area contributed by atoms with Crippen molar-refractivity contribution in [3.05, 3.63) is 57.4 Å². The van der Waals surface area contributed by atoms with E-state index in [2.05, 4.69) is 4.74 Å². The number of nitrogens with one attached hydrogen (secondary N) is 1. The summed E-state index contributed by atoms with van der Waals surface area (Å²) in [5.74, 6) is -0.532. The molecule has 14 heteroatoms. The number of carbonyl (C=O) groups excluding carboxylic acids is 1. The number of aromatic amines is 1. The number of ether oxygens (including phenoxy) is 3. The third-order valence-electron chi connectivity index (χ3n) is 5.14. The second-order valence-corrected chi connectivity index (χ2v) is 8.66. The molecule has 2 unspecified atom stereocenters. The van der Waals surface area contributed by atoms with E-state index < -0.39 is 55.5 Å². The van der Waals surface area contributed by atoms with Gasteiger partial charge in [0.2, 0.25) is 5.75 Å². The zero-order chi connectivity index (χ0) is 25.8. The molecule has 0 amide bonds. The number of halogens is 1. The average molecular weight is 513 g/mol. The molecule has 0 spiro atoms. The minimum Gasteiger partial charge on any atom is -0.575 e. The Morgan fingerprint density at radius 2 is 2.06 bits per heavy atom. The van der Waals surface area contributed by atoms with E-state index in [-0.39, 0.29) is 24.7 Å².